The van der Waals surface area contributed by atoms with Gasteiger partial charge in [0.2, 0.25) is 5.89 Å². The summed E-state index contributed by atoms with van der Waals surface area (Å²) >= 11 is 0. The molecule has 1 N–H and O–H groups in total. The molecule has 2 spiro atoms. The second-order valence-electron chi connectivity index (χ2n) is 10.4. The van der Waals surface area contributed by atoms with Gasteiger partial charge in [0.25, 0.3) is 5.91 Å². The molecule has 2 aromatic rings. The average molecular weight is 450 g/mol. The number of imide groups is 1. The topological polar surface area (TPSA) is 84.7 Å². The number of oxazole rings is 1. The summed E-state index contributed by atoms with van der Waals surface area (Å²) in [6.07, 6.45) is 12.4. The van der Waals surface area contributed by atoms with Crippen LogP contribution in [-0.4, -0.2) is 35.0 Å². The maximum Gasteiger partial charge on any atom is 0.325 e. The van der Waals surface area contributed by atoms with Crippen LogP contribution in [0.15, 0.2) is 35.1 Å². The molecule has 1 aliphatic heterocycles. The third kappa shape index (κ3) is 3.23. The van der Waals surface area contributed by atoms with Gasteiger partial charge in [-0.25, -0.2) is 9.78 Å². The smallest absolute Gasteiger partial charge is 0.325 e. The highest BCUT2D eigenvalue weighted by atomic mass is 16.5. The first-order valence-electron chi connectivity index (χ1n) is 12.2. The van der Waals surface area contributed by atoms with Gasteiger partial charge in [0, 0.05) is 12.5 Å². The summed E-state index contributed by atoms with van der Waals surface area (Å²) in [5, 5.41) is 3.22. The van der Waals surface area contributed by atoms with Gasteiger partial charge < -0.3 is 14.5 Å². The molecule has 1 aromatic carbocycles. The van der Waals surface area contributed by atoms with Crippen molar-refractivity contribution < 1.29 is 18.7 Å². The fraction of sp³-hybridized carbons (Fsp3) is 0.577. The van der Waals surface area contributed by atoms with Crippen molar-refractivity contribution in [1.29, 1.82) is 0 Å². The third-order valence-corrected chi connectivity index (χ3v) is 8.55. The van der Waals surface area contributed by atoms with Crippen molar-refractivity contribution in [3.63, 3.8) is 0 Å². The molecule has 6 rings (SSSR count). The predicted octanol–water partition coefficient (Wildman–Crippen LogP) is 4.10. The molecule has 2 saturated carbocycles. The number of hydrogen-bond donors (Lipinski definition) is 1. The van der Waals surface area contributed by atoms with Crippen LogP contribution in [0.25, 0.3) is 0 Å². The Labute approximate surface area is 193 Å². The minimum absolute atomic E-state index is 0.0485. The molecule has 3 fully saturated rings. The van der Waals surface area contributed by atoms with E-state index in [9.17, 15) is 9.59 Å². The second kappa shape index (κ2) is 7.69. The Bertz CT molecular complexity index is 1070. The molecule has 1 aromatic heterocycles. The van der Waals surface area contributed by atoms with Crippen molar-refractivity contribution in [1.82, 2.24) is 15.2 Å². The Morgan fingerprint density at radius 3 is 2.73 bits per heavy atom. The van der Waals surface area contributed by atoms with Crippen LogP contribution >= 0.6 is 0 Å². The zero-order valence-corrected chi connectivity index (χ0v) is 19.1. The molecule has 1 saturated heterocycles. The number of aromatic nitrogens is 1. The van der Waals surface area contributed by atoms with Crippen LogP contribution < -0.4 is 5.32 Å². The normalized spacial score (nSPS) is 30.9. The van der Waals surface area contributed by atoms with Crippen LogP contribution in [0.2, 0.25) is 0 Å². The fourth-order valence-corrected chi connectivity index (χ4v) is 6.50. The van der Waals surface area contributed by atoms with Crippen LogP contribution in [0.5, 0.6) is 0 Å². The largest absolute Gasteiger partial charge is 0.447 e. The Hall–Kier alpha value is -2.67. The molecule has 0 bridgehead atoms. The van der Waals surface area contributed by atoms with Crippen molar-refractivity contribution in [3.05, 3.63) is 53.2 Å². The maximum absolute atomic E-state index is 14.2. The number of amides is 3. The van der Waals surface area contributed by atoms with E-state index >= 15 is 0 Å². The predicted molar refractivity (Wildman–Crippen MR) is 120 cm³/mol. The summed E-state index contributed by atoms with van der Waals surface area (Å²) < 4.78 is 11.0. The highest BCUT2D eigenvalue weighted by Gasteiger charge is 2.68. The Kier molecular flexibility index (Phi) is 4.87. The zero-order chi connectivity index (χ0) is 22.6. The van der Waals surface area contributed by atoms with Gasteiger partial charge in [-0.3, -0.25) is 9.69 Å². The summed E-state index contributed by atoms with van der Waals surface area (Å²) in [4.78, 5) is 32.8. The van der Waals surface area contributed by atoms with E-state index in [4.69, 9.17) is 9.15 Å². The third-order valence-electron chi connectivity index (χ3n) is 8.55. The van der Waals surface area contributed by atoms with Crippen molar-refractivity contribution in [3.8, 4) is 0 Å². The van der Waals surface area contributed by atoms with E-state index in [1.54, 1.807) is 7.11 Å². The molecule has 2 heterocycles. The summed E-state index contributed by atoms with van der Waals surface area (Å²) in [6, 6.07) is 6.28. The van der Waals surface area contributed by atoms with E-state index in [2.05, 4.69) is 28.5 Å². The summed E-state index contributed by atoms with van der Waals surface area (Å²) in [6.45, 7) is 0.0485. The minimum Gasteiger partial charge on any atom is -0.447 e. The van der Waals surface area contributed by atoms with Gasteiger partial charge in [0.05, 0.1) is 12.3 Å². The molecule has 1 atom stereocenters. The van der Waals surface area contributed by atoms with Crippen molar-refractivity contribution >= 4 is 11.9 Å². The van der Waals surface area contributed by atoms with E-state index in [-0.39, 0.29) is 30.0 Å². The Morgan fingerprint density at radius 1 is 1.21 bits per heavy atom. The molecule has 3 amide bonds. The van der Waals surface area contributed by atoms with Crippen LogP contribution in [0, 0.1) is 11.3 Å². The lowest BCUT2D eigenvalue weighted by molar-refractivity contribution is -0.139. The van der Waals surface area contributed by atoms with Gasteiger partial charge in [0.15, 0.2) is 5.54 Å². The molecular formula is C26H31N3O4. The average Bonchev–Trinajstić information content (AvgIpc) is 3.36. The number of carbonyl (C=O) groups excluding carboxylic acids is 2. The van der Waals surface area contributed by atoms with Crippen LogP contribution in [0.1, 0.15) is 67.5 Å². The van der Waals surface area contributed by atoms with Gasteiger partial charge in [-0.2, -0.15) is 0 Å². The lowest BCUT2D eigenvalue weighted by Crippen LogP contribution is -2.56. The summed E-state index contributed by atoms with van der Waals surface area (Å²) in [5.74, 6) is 1.05. The number of ether oxygens (including phenoxy) is 1. The van der Waals surface area contributed by atoms with E-state index in [1.807, 2.05) is 0 Å². The Balaban J connectivity index is 1.40. The van der Waals surface area contributed by atoms with Gasteiger partial charge in [-0.05, 0) is 67.6 Å². The molecule has 174 valence electrons. The minimum atomic E-state index is -1.03. The summed E-state index contributed by atoms with van der Waals surface area (Å²) in [7, 11) is 1.76. The van der Waals surface area contributed by atoms with E-state index in [1.165, 1.54) is 47.7 Å². The van der Waals surface area contributed by atoms with Gasteiger partial charge in [-0.1, -0.05) is 31.0 Å². The first-order chi connectivity index (χ1) is 16.0. The van der Waals surface area contributed by atoms with Crippen molar-refractivity contribution in [2.75, 3.05) is 7.11 Å². The Morgan fingerprint density at radius 2 is 2.03 bits per heavy atom. The van der Waals surface area contributed by atoms with Gasteiger partial charge in [0.1, 0.15) is 12.8 Å². The van der Waals surface area contributed by atoms with E-state index in [0.29, 0.717) is 5.89 Å². The highest BCUT2D eigenvalue weighted by Crippen LogP contribution is 2.60. The molecule has 4 aliphatic rings. The van der Waals surface area contributed by atoms with Crippen LogP contribution in [0.3, 0.4) is 0 Å². The fourth-order valence-electron chi connectivity index (χ4n) is 6.50. The first kappa shape index (κ1) is 20.9. The molecular weight excluding hydrogens is 418 g/mol. The highest BCUT2D eigenvalue weighted by molar-refractivity contribution is 6.08. The van der Waals surface area contributed by atoms with Crippen molar-refractivity contribution in [2.24, 2.45) is 11.3 Å². The number of hydrogen-bond acceptors (Lipinski definition) is 5. The molecule has 0 radical (unpaired) electrons. The quantitative estimate of drug-likeness (QED) is 0.672. The molecule has 7 nitrogen and oxygen atoms in total. The monoisotopic (exact) mass is 449 g/mol. The number of fused-ring (bicyclic) bond motifs is 3. The first-order valence-corrected chi connectivity index (χ1v) is 12.2. The summed E-state index contributed by atoms with van der Waals surface area (Å²) in [5.41, 5.74) is 2.08. The standard InChI is InChI=1S/C26H31N3O4/c1-32-20-8-10-25(11-9-20)15-19-7-6-18(5-4-17-2-3-17)14-21(19)26(25)23(30)29(24(31)28-26)16-22-27-12-13-33-22/h6-7,12-14,17,20H,2-5,8-11,15-16H2,1H3,(H,28,31). The SMILES string of the molecule is COC1CCC2(CC1)Cc1ccc(CCC3CC3)cc1C21NC(=O)N(Cc2ncco2)C1=O. The molecule has 7 heteroatoms. The van der Waals surface area contributed by atoms with Gasteiger partial charge in [-0.15, -0.1) is 0 Å². The van der Waals surface area contributed by atoms with E-state index in [0.717, 1.165) is 50.0 Å². The lowest BCUT2D eigenvalue weighted by atomic mass is 9.61. The van der Waals surface area contributed by atoms with Crippen LogP contribution in [-0.2, 0) is 34.5 Å². The molecule has 3 aliphatic carbocycles. The van der Waals surface area contributed by atoms with Gasteiger partial charge >= 0.3 is 6.03 Å². The number of aryl methyl sites for hydroxylation is 1. The van der Waals surface area contributed by atoms with Crippen molar-refractivity contribution in [2.45, 2.75) is 76.0 Å². The maximum atomic E-state index is 14.2. The number of urea groups is 1. The number of methoxy groups -OCH3 is 1. The molecule has 33 heavy (non-hydrogen) atoms. The molecule has 1 unspecified atom stereocenters. The number of benzene rings is 1. The number of nitrogens with one attached hydrogen (secondary N) is 1. The number of nitrogens with zero attached hydrogens (tertiary/aromatic N) is 2. The lowest BCUT2D eigenvalue weighted by Gasteiger charge is -2.46. The van der Waals surface area contributed by atoms with E-state index < -0.39 is 5.54 Å². The van der Waals surface area contributed by atoms with Crippen LogP contribution in [0.4, 0.5) is 4.79 Å². The zero-order valence-electron chi connectivity index (χ0n) is 19.1. The second-order valence-corrected chi connectivity index (χ2v) is 10.4. The number of carbonyl (C=O) groups is 2. The number of rotatable bonds is 6.